The zero-order chi connectivity index (χ0) is 19.5. The van der Waals surface area contributed by atoms with E-state index in [-0.39, 0.29) is 11.5 Å². The Morgan fingerprint density at radius 2 is 1.86 bits per heavy atom. The van der Waals surface area contributed by atoms with Gasteiger partial charge >= 0.3 is 0 Å². The maximum Gasteiger partial charge on any atom is 0.279 e. The Morgan fingerprint density at radius 1 is 1.11 bits per heavy atom. The Kier molecular flexibility index (Phi) is 4.72. The van der Waals surface area contributed by atoms with Crippen molar-refractivity contribution in [2.45, 2.75) is 13.5 Å². The third kappa shape index (κ3) is 3.83. The molecule has 0 aliphatic carbocycles. The third-order valence-electron chi connectivity index (χ3n) is 4.27. The highest BCUT2D eigenvalue weighted by Gasteiger charge is 2.16. The highest BCUT2D eigenvalue weighted by atomic mass is 19.1. The van der Waals surface area contributed by atoms with Crippen molar-refractivity contribution in [2.75, 3.05) is 5.32 Å². The smallest absolute Gasteiger partial charge is 0.279 e. The van der Waals surface area contributed by atoms with Crippen molar-refractivity contribution in [3.63, 3.8) is 0 Å². The van der Waals surface area contributed by atoms with Gasteiger partial charge in [0.1, 0.15) is 5.82 Å². The number of rotatable bonds is 5. The lowest BCUT2D eigenvalue weighted by Gasteiger charge is -2.04. The predicted octanol–water partition coefficient (Wildman–Crippen LogP) is 4.29. The summed E-state index contributed by atoms with van der Waals surface area (Å²) in [5.41, 5.74) is 2.80. The van der Waals surface area contributed by atoms with Gasteiger partial charge in [-0.05, 0) is 36.8 Å². The molecule has 0 atom stereocenters. The summed E-state index contributed by atoms with van der Waals surface area (Å²) in [6, 6.07) is 19.0. The lowest BCUT2D eigenvalue weighted by Crippen LogP contribution is -2.13. The minimum absolute atomic E-state index is 0.120. The minimum atomic E-state index is -0.429. The number of carbonyl (C=O) groups excluding carboxylic acids is 1. The molecule has 1 N–H and O–H groups in total. The molecule has 0 unspecified atom stereocenters. The molecule has 0 saturated carbocycles. The number of hydrogen-bond donors (Lipinski definition) is 1. The SMILES string of the molecule is Cc1cc(NC(=O)c2cc(-c3ccc(F)cc3)on2)nn1Cc1ccccc1. The van der Waals surface area contributed by atoms with Crippen LogP contribution in [0, 0.1) is 12.7 Å². The third-order valence-corrected chi connectivity index (χ3v) is 4.27. The Bertz CT molecular complexity index is 1100. The summed E-state index contributed by atoms with van der Waals surface area (Å²) in [5, 5.41) is 10.9. The Morgan fingerprint density at radius 3 is 2.61 bits per heavy atom. The largest absolute Gasteiger partial charge is 0.355 e. The molecule has 28 heavy (non-hydrogen) atoms. The van der Waals surface area contributed by atoms with E-state index in [1.165, 1.54) is 18.2 Å². The van der Waals surface area contributed by atoms with Gasteiger partial charge in [-0.25, -0.2) is 4.39 Å². The van der Waals surface area contributed by atoms with Crippen LogP contribution in [0.1, 0.15) is 21.7 Å². The summed E-state index contributed by atoms with van der Waals surface area (Å²) in [6.45, 7) is 2.54. The second-order valence-electron chi connectivity index (χ2n) is 6.35. The van der Waals surface area contributed by atoms with Crippen molar-refractivity contribution in [3.05, 3.63) is 89.5 Å². The topological polar surface area (TPSA) is 73.0 Å². The number of carbonyl (C=O) groups is 1. The van der Waals surface area contributed by atoms with Crippen LogP contribution in [-0.2, 0) is 6.54 Å². The summed E-state index contributed by atoms with van der Waals surface area (Å²) in [4.78, 5) is 12.4. The summed E-state index contributed by atoms with van der Waals surface area (Å²) < 4.78 is 20.0. The molecule has 1 amide bonds. The van der Waals surface area contributed by atoms with Crippen molar-refractivity contribution in [2.24, 2.45) is 0 Å². The van der Waals surface area contributed by atoms with Crippen LogP contribution >= 0.6 is 0 Å². The van der Waals surface area contributed by atoms with Gasteiger partial charge in [-0.3, -0.25) is 9.48 Å². The number of aromatic nitrogens is 3. The molecule has 2 aromatic heterocycles. The van der Waals surface area contributed by atoms with Gasteiger partial charge in [0, 0.05) is 23.4 Å². The number of amides is 1. The van der Waals surface area contributed by atoms with E-state index in [0.717, 1.165) is 11.3 Å². The fourth-order valence-electron chi connectivity index (χ4n) is 2.80. The van der Waals surface area contributed by atoms with Crippen molar-refractivity contribution in [1.29, 1.82) is 0 Å². The first kappa shape index (κ1) is 17.7. The lowest BCUT2D eigenvalue weighted by molar-refractivity contribution is 0.101. The van der Waals surface area contributed by atoms with Crippen LogP contribution < -0.4 is 5.32 Å². The standard InChI is InChI=1S/C21H17FN4O2/c1-14-11-20(24-26(14)13-15-5-3-2-4-6-15)23-21(27)18-12-19(28-25-18)16-7-9-17(22)10-8-16/h2-12H,13H2,1H3,(H,23,24,27). The number of hydrogen-bond acceptors (Lipinski definition) is 4. The zero-order valence-electron chi connectivity index (χ0n) is 15.1. The molecule has 2 aromatic carbocycles. The van der Waals surface area contributed by atoms with E-state index in [4.69, 9.17) is 4.52 Å². The maximum atomic E-state index is 13.0. The highest BCUT2D eigenvalue weighted by molar-refractivity contribution is 6.02. The highest BCUT2D eigenvalue weighted by Crippen LogP contribution is 2.21. The van der Waals surface area contributed by atoms with Crippen LogP contribution in [0.4, 0.5) is 10.2 Å². The van der Waals surface area contributed by atoms with Gasteiger partial charge in [0.05, 0.1) is 6.54 Å². The lowest BCUT2D eigenvalue weighted by atomic mass is 10.1. The van der Waals surface area contributed by atoms with E-state index in [1.807, 2.05) is 41.9 Å². The molecule has 0 spiro atoms. The van der Waals surface area contributed by atoms with E-state index in [9.17, 15) is 9.18 Å². The van der Waals surface area contributed by atoms with Gasteiger partial charge in [0.25, 0.3) is 5.91 Å². The average molecular weight is 376 g/mol. The molecule has 4 aromatic rings. The summed E-state index contributed by atoms with van der Waals surface area (Å²) in [7, 11) is 0. The summed E-state index contributed by atoms with van der Waals surface area (Å²) in [5.74, 6) is 0.0462. The first-order chi connectivity index (χ1) is 13.6. The van der Waals surface area contributed by atoms with Crippen LogP contribution in [0.5, 0.6) is 0 Å². The molecular formula is C21H17FN4O2. The number of benzene rings is 2. The predicted molar refractivity (Wildman–Crippen MR) is 102 cm³/mol. The molecule has 0 fully saturated rings. The molecule has 7 heteroatoms. The number of anilines is 1. The Labute approximate surface area is 160 Å². The molecule has 140 valence electrons. The van der Waals surface area contributed by atoms with Gasteiger partial charge < -0.3 is 9.84 Å². The number of nitrogens with zero attached hydrogens (tertiary/aromatic N) is 3. The van der Waals surface area contributed by atoms with E-state index in [0.29, 0.717) is 23.7 Å². The van der Waals surface area contributed by atoms with Crippen LogP contribution in [0.2, 0.25) is 0 Å². The second-order valence-corrected chi connectivity index (χ2v) is 6.35. The summed E-state index contributed by atoms with van der Waals surface area (Å²) >= 11 is 0. The van der Waals surface area contributed by atoms with Gasteiger partial charge in [0.2, 0.25) is 0 Å². The minimum Gasteiger partial charge on any atom is -0.355 e. The Balaban J connectivity index is 1.47. The average Bonchev–Trinajstić information content (AvgIpc) is 3.31. The molecular weight excluding hydrogens is 359 g/mol. The molecule has 0 aliphatic rings. The van der Waals surface area contributed by atoms with E-state index in [2.05, 4.69) is 15.6 Å². The fourth-order valence-corrected chi connectivity index (χ4v) is 2.80. The van der Waals surface area contributed by atoms with Crippen LogP contribution in [-0.4, -0.2) is 20.8 Å². The quantitative estimate of drug-likeness (QED) is 0.564. The van der Waals surface area contributed by atoms with Crippen molar-refractivity contribution >= 4 is 11.7 Å². The first-order valence-corrected chi connectivity index (χ1v) is 8.71. The van der Waals surface area contributed by atoms with Crippen LogP contribution in [0.25, 0.3) is 11.3 Å². The summed E-state index contributed by atoms with van der Waals surface area (Å²) in [6.07, 6.45) is 0. The number of aryl methyl sites for hydroxylation is 1. The Hall–Kier alpha value is -3.74. The van der Waals surface area contributed by atoms with Crippen LogP contribution in [0.15, 0.2) is 71.3 Å². The van der Waals surface area contributed by atoms with E-state index >= 15 is 0 Å². The van der Waals surface area contributed by atoms with Crippen molar-refractivity contribution < 1.29 is 13.7 Å². The van der Waals surface area contributed by atoms with Gasteiger partial charge in [-0.15, -0.1) is 0 Å². The first-order valence-electron chi connectivity index (χ1n) is 8.71. The number of halogens is 1. The molecule has 0 aliphatic heterocycles. The fraction of sp³-hybridized carbons (Fsp3) is 0.0952. The van der Waals surface area contributed by atoms with Gasteiger partial charge in [-0.1, -0.05) is 35.5 Å². The second kappa shape index (κ2) is 7.48. The zero-order valence-corrected chi connectivity index (χ0v) is 15.1. The van der Waals surface area contributed by atoms with Gasteiger partial charge in [-0.2, -0.15) is 5.10 Å². The molecule has 6 nitrogen and oxygen atoms in total. The van der Waals surface area contributed by atoms with E-state index in [1.54, 1.807) is 18.2 Å². The van der Waals surface area contributed by atoms with Gasteiger partial charge in [0.15, 0.2) is 17.3 Å². The molecule has 0 radical (unpaired) electrons. The molecule has 4 rings (SSSR count). The monoisotopic (exact) mass is 376 g/mol. The normalized spacial score (nSPS) is 10.8. The molecule has 2 heterocycles. The van der Waals surface area contributed by atoms with Crippen molar-refractivity contribution in [3.8, 4) is 11.3 Å². The molecule has 0 saturated heterocycles. The van der Waals surface area contributed by atoms with Crippen molar-refractivity contribution in [1.82, 2.24) is 14.9 Å². The van der Waals surface area contributed by atoms with E-state index < -0.39 is 5.91 Å². The number of nitrogens with one attached hydrogen (secondary N) is 1. The molecule has 0 bridgehead atoms. The maximum absolute atomic E-state index is 13.0. The van der Waals surface area contributed by atoms with Crippen LogP contribution in [0.3, 0.4) is 0 Å².